The largest absolute Gasteiger partial charge is 0.477 e. The van der Waals surface area contributed by atoms with Crippen molar-refractivity contribution in [1.29, 1.82) is 0 Å². The summed E-state index contributed by atoms with van der Waals surface area (Å²) in [5, 5.41) is 0. The van der Waals surface area contributed by atoms with Crippen LogP contribution < -0.4 is 15.0 Å². The second-order valence-corrected chi connectivity index (χ2v) is 6.13. The van der Waals surface area contributed by atoms with Crippen molar-refractivity contribution in [3.8, 4) is 11.8 Å². The van der Waals surface area contributed by atoms with Gasteiger partial charge < -0.3 is 14.4 Å². The number of carbonyl (C=O) groups excluding carboxylic acids is 1. The van der Waals surface area contributed by atoms with E-state index in [-0.39, 0.29) is 24.1 Å². The first kappa shape index (κ1) is 17.8. The summed E-state index contributed by atoms with van der Waals surface area (Å²) in [5.74, 6) is 0.475. The van der Waals surface area contributed by atoms with E-state index in [1.807, 2.05) is 0 Å². The van der Waals surface area contributed by atoms with Crippen molar-refractivity contribution in [2.24, 2.45) is 0 Å². The van der Waals surface area contributed by atoms with Crippen LogP contribution in [0, 0.1) is 13.8 Å². The molecule has 9 heteroatoms. The van der Waals surface area contributed by atoms with Gasteiger partial charge in [0.1, 0.15) is 12.6 Å². The van der Waals surface area contributed by atoms with E-state index in [1.165, 1.54) is 30.4 Å². The topological polar surface area (TPSA) is 99.4 Å². The van der Waals surface area contributed by atoms with Gasteiger partial charge in [0.25, 0.3) is 17.3 Å². The molecule has 0 spiro atoms. The molecule has 2 aromatic rings. The summed E-state index contributed by atoms with van der Waals surface area (Å²) in [6.07, 6.45) is 4.93. The molecule has 1 saturated heterocycles. The van der Waals surface area contributed by atoms with Crippen molar-refractivity contribution in [3.63, 3.8) is 0 Å². The number of ether oxygens (including phenoxy) is 2. The van der Waals surface area contributed by atoms with Gasteiger partial charge in [-0.05, 0) is 13.8 Å². The number of nitrogens with zero attached hydrogens (tertiary/aromatic N) is 5. The van der Waals surface area contributed by atoms with Crippen LogP contribution in [-0.2, 0) is 11.3 Å². The maximum Gasteiger partial charge on any atom is 0.278 e. The maximum atomic E-state index is 12.5. The Hall–Kier alpha value is -2.97. The molecule has 1 atom stereocenters. The van der Waals surface area contributed by atoms with Crippen LogP contribution in [0.4, 0.5) is 0 Å². The van der Waals surface area contributed by atoms with E-state index < -0.39 is 0 Å². The highest BCUT2D eigenvalue weighted by molar-refractivity contribution is 5.76. The first-order valence-corrected chi connectivity index (χ1v) is 8.31. The Morgan fingerprint density at radius 3 is 2.69 bits per heavy atom. The van der Waals surface area contributed by atoms with E-state index in [2.05, 4.69) is 15.0 Å². The van der Waals surface area contributed by atoms with Crippen LogP contribution in [0.15, 0.2) is 23.5 Å². The lowest BCUT2D eigenvalue weighted by molar-refractivity contribution is -0.131. The second-order valence-electron chi connectivity index (χ2n) is 6.13. The van der Waals surface area contributed by atoms with Gasteiger partial charge in [0, 0.05) is 36.6 Å². The minimum Gasteiger partial charge on any atom is -0.477 e. The van der Waals surface area contributed by atoms with Crippen molar-refractivity contribution in [1.82, 2.24) is 24.4 Å². The fourth-order valence-electron chi connectivity index (χ4n) is 2.78. The van der Waals surface area contributed by atoms with Crippen molar-refractivity contribution < 1.29 is 14.3 Å². The van der Waals surface area contributed by atoms with E-state index >= 15 is 0 Å². The highest BCUT2D eigenvalue weighted by Gasteiger charge is 2.29. The molecule has 1 aliphatic rings. The van der Waals surface area contributed by atoms with E-state index in [0.29, 0.717) is 42.5 Å². The molecule has 0 aliphatic carbocycles. The smallest absolute Gasteiger partial charge is 0.278 e. The minimum absolute atomic E-state index is 0.0336. The number of aromatic nitrogens is 4. The summed E-state index contributed by atoms with van der Waals surface area (Å²) in [7, 11) is 1.50. The fraction of sp³-hybridized carbons (Fsp3) is 0.471. The zero-order chi connectivity index (χ0) is 18.7. The number of methoxy groups -OCH3 is 1. The minimum atomic E-state index is -0.195. The molecule has 0 saturated carbocycles. The number of likely N-dealkylation sites (tertiary alicyclic amines) is 1. The number of hydrogen-bond donors (Lipinski definition) is 0. The standard InChI is InChI=1S/C17H21N5O4/c1-11-12(2)20-10-22(17(11)24)9-14(23)21-7-4-13(8-21)26-16-15(25-3)18-5-6-19-16/h5-6,10,13H,4,7-9H2,1-3H3/t13-/m0/s1. The number of amides is 1. The Balaban J connectivity index is 1.63. The molecule has 0 bridgehead atoms. The molecule has 9 nitrogen and oxygen atoms in total. The molecule has 3 rings (SSSR count). The van der Waals surface area contributed by atoms with Crippen LogP contribution in [0.25, 0.3) is 0 Å². The SMILES string of the molecule is COc1nccnc1O[C@H]1CCN(C(=O)Cn2cnc(C)c(C)c2=O)C1. The summed E-state index contributed by atoms with van der Waals surface area (Å²) >= 11 is 0. The molecular formula is C17H21N5O4. The van der Waals surface area contributed by atoms with Crippen molar-refractivity contribution >= 4 is 5.91 Å². The Labute approximate surface area is 150 Å². The fourth-order valence-corrected chi connectivity index (χ4v) is 2.78. The molecule has 0 unspecified atom stereocenters. The molecule has 0 N–H and O–H groups in total. The summed E-state index contributed by atoms with van der Waals surface area (Å²) in [4.78, 5) is 38.7. The summed E-state index contributed by atoms with van der Waals surface area (Å²) in [5.41, 5.74) is 1.03. The Bertz CT molecular complexity index is 866. The average molecular weight is 359 g/mol. The summed E-state index contributed by atoms with van der Waals surface area (Å²) in [6.45, 7) is 4.42. The Kier molecular flexibility index (Phi) is 5.15. The lowest BCUT2D eigenvalue weighted by Gasteiger charge is -2.18. The molecule has 1 fully saturated rings. The average Bonchev–Trinajstić information content (AvgIpc) is 3.11. The van der Waals surface area contributed by atoms with Crippen LogP contribution in [-0.4, -0.2) is 56.6 Å². The first-order valence-electron chi connectivity index (χ1n) is 8.31. The van der Waals surface area contributed by atoms with Crippen LogP contribution in [0.3, 0.4) is 0 Å². The zero-order valence-electron chi connectivity index (χ0n) is 15.0. The second kappa shape index (κ2) is 7.51. The lowest BCUT2D eigenvalue weighted by Crippen LogP contribution is -2.37. The summed E-state index contributed by atoms with van der Waals surface area (Å²) < 4.78 is 12.3. The van der Waals surface area contributed by atoms with Gasteiger partial charge in [-0.1, -0.05) is 0 Å². The number of hydrogen-bond acceptors (Lipinski definition) is 7. The number of rotatable bonds is 5. The van der Waals surface area contributed by atoms with Gasteiger partial charge >= 0.3 is 0 Å². The molecule has 1 amide bonds. The lowest BCUT2D eigenvalue weighted by atomic mass is 10.3. The first-order chi connectivity index (χ1) is 12.5. The van der Waals surface area contributed by atoms with E-state index in [0.717, 1.165) is 0 Å². The van der Waals surface area contributed by atoms with Crippen LogP contribution in [0.2, 0.25) is 0 Å². The van der Waals surface area contributed by atoms with E-state index in [1.54, 1.807) is 18.7 Å². The predicted octanol–water partition coefficient (Wildman–Crippen LogP) is 0.339. The van der Waals surface area contributed by atoms with E-state index in [4.69, 9.17) is 9.47 Å². The third-order valence-electron chi connectivity index (χ3n) is 4.42. The van der Waals surface area contributed by atoms with Crippen LogP contribution in [0.5, 0.6) is 11.8 Å². The predicted molar refractivity (Wildman–Crippen MR) is 92.2 cm³/mol. The van der Waals surface area contributed by atoms with Gasteiger partial charge in [0.15, 0.2) is 0 Å². The molecule has 0 aromatic carbocycles. The molecule has 1 aliphatic heterocycles. The maximum absolute atomic E-state index is 12.5. The highest BCUT2D eigenvalue weighted by Crippen LogP contribution is 2.23. The Morgan fingerprint density at radius 2 is 1.96 bits per heavy atom. The zero-order valence-corrected chi connectivity index (χ0v) is 15.0. The van der Waals surface area contributed by atoms with Gasteiger partial charge in [-0.3, -0.25) is 14.2 Å². The third-order valence-corrected chi connectivity index (χ3v) is 4.42. The molecule has 0 radical (unpaired) electrons. The van der Waals surface area contributed by atoms with E-state index in [9.17, 15) is 9.59 Å². The van der Waals surface area contributed by atoms with Crippen molar-refractivity contribution in [2.75, 3.05) is 20.2 Å². The van der Waals surface area contributed by atoms with Gasteiger partial charge in [-0.25, -0.2) is 15.0 Å². The third kappa shape index (κ3) is 3.66. The van der Waals surface area contributed by atoms with Gasteiger partial charge in [-0.2, -0.15) is 0 Å². The van der Waals surface area contributed by atoms with Crippen molar-refractivity contribution in [3.05, 3.63) is 40.3 Å². The summed E-state index contributed by atoms with van der Waals surface area (Å²) in [6, 6.07) is 0. The van der Waals surface area contributed by atoms with Crippen LogP contribution in [0.1, 0.15) is 17.7 Å². The van der Waals surface area contributed by atoms with Crippen molar-refractivity contribution in [2.45, 2.75) is 32.9 Å². The Morgan fingerprint density at radius 1 is 1.23 bits per heavy atom. The monoisotopic (exact) mass is 359 g/mol. The normalized spacial score (nSPS) is 16.6. The van der Waals surface area contributed by atoms with Gasteiger partial charge in [0.05, 0.1) is 20.0 Å². The molecular weight excluding hydrogens is 338 g/mol. The molecule has 2 aromatic heterocycles. The number of carbonyl (C=O) groups is 1. The molecule has 3 heterocycles. The molecule has 138 valence electrons. The highest BCUT2D eigenvalue weighted by atomic mass is 16.5. The van der Waals surface area contributed by atoms with Crippen LogP contribution >= 0.6 is 0 Å². The number of aryl methyl sites for hydroxylation is 1. The quantitative estimate of drug-likeness (QED) is 0.759. The van der Waals surface area contributed by atoms with Gasteiger partial charge in [-0.15, -0.1) is 0 Å². The van der Waals surface area contributed by atoms with Gasteiger partial charge in [0.2, 0.25) is 5.91 Å². The molecule has 26 heavy (non-hydrogen) atoms.